The normalized spacial score (nSPS) is 13.7. The molecule has 1 aliphatic carbocycles. The van der Waals surface area contributed by atoms with Gasteiger partial charge in [0.1, 0.15) is 21.7 Å². The first-order chi connectivity index (χ1) is 16.0. The summed E-state index contributed by atoms with van der Waals surface area (Å²) in [5.74, 6) is 1.80. The maximum absolute atomic E-state index is 12.6. The summed E-state index contributed by atoms with van der Waals surface area (Å²) in [5.41, 5.74) is 2.90. The van der Waals surface area contributed by atoms with E-state index in [9.17, 15) is 4.79 Å². The number of rotatable bonds is 5. The standard InChI is InChI=1S/C22H19ClN8O2/c1-29-19-18(23)17(33-16-11-25-31-8-4-3-5-15(16)31)10-24-20(19)27-22(29)26-14-9-13(12-6-7-12)28-30(2)21(14)32/h3-5,8-12H,6-7H2,1-2H3,(H,24,26,27). The number of anilines is 2. The van der Waals surface area contributed by atoms with Crippen LogP contribution in [0.3, 0.4) is 0 Å². The molecule has 1 aliphatic rings. The number of imidazole rings is 1. The van der Waals surface area contributed by atoms with Crippen molar-refractivity contribution in [3.8, 4) is 11.5 Å². The number of nitrogens with one attached hydrogen (secondary N) is 1. The molecule has 1 N–H and O–H groups in total. The van der Waals surface area contributed by atoms with Crippen LogP contribution < -0.4 is 15.6 Å². The molecule has 0 radical (unpaired) electrons. The number of hydrogen-bond donors (Lipinski definition) is 1. The van der Waals surface area contributed by atoms with Gasteiger partial charge in [0.25, 0.3) is 5.56 Å². The Hall–Kier alpha value is -3.92. The molecule has 1 saturated carbocycles. The average Bonchev–Trinajstić information content (AvgIpc) is 3.51. The molecule has 10 nitrogen and oxygen atoms in total. The highest BCUT2D eigenvalue weighted by Crippen LogP contribution is 2.39. The van der Waals surface area contributed by atoms with Gasteiger partial charge < -0.3 is 14.6 Å². The first-order valence-corrected chi connectivity index (χ1v) is 10.8. The Morgan fingerprint density at radius 2 is 2.03 bits per heavy atom. The molecule has 0 spiro atoms. The molecule has 0 saturated heterocycles. The van der Waals surface area contributed by atoms with Crippen molar-refractivity contribution in [3.05, 3.63) is 63.9 Å². The largest absolute Gasteiger partial charge is 0.450 e. The second-order valence-corrected chi connectivity index (χ2v) is 8.43. The predicted molar refractivity (Wildman–Crippen MR) is 124 cm³/mol. The number of hydrogen-bond acceptors (Lipinski definition) is 7. The maximum Gasteiger partial charge on any atom is 0.290 e. The topological polar surface area (TPSA) is 104 Å². The Morgan fingerprint density at radius 3 is 2.85 bits per heavy atom. The average molecular weight is 463 g/mol. The molecule has 5 aromatic heterocycles. The summed E-state index contributed by atoms with van der Waals surface area (Å²) in [7, 11) is 3.45. The van der Waals surface area contributed by atoms with Crippen LogP contribution in [0.5, 0.6) is 11.5 Å². The van der Waals surface area contributed by atoms with Crippen LogP contribution in [0, 0.1) is 0 Å². The summed E-state index contributed by atoms with van der Waals surface area (Å²) in [6, 6.07) is 7.50. The van der Waals surface area contributed by atoms with Gasteiger partial charge in [-0.25, -0.2) is 14.2 Å². The zero-order chi connectivity index (χ0) is 22.7. The highest BCUT2D eigenvalue weighted by Gasteiger charge is 2.27. The van der Waals surface area contributed by atoms with E-state index in [0.717, 1.165) is 24.1 Å². The van der Waals surface area contributed by atoms with Crippen LogP contribution in [-0.2, 0) is 14.1 Å². The second-order valence-electron chi connectivity index (χ2n) is 8.06. The lowest BCUT2D eigenvalue weighted by molar-refractivity contribution is 0.486. The van der Waals surface area contributed by atoms with Gasteiger partial charge in [0.05, 0.1) is 18.1 Å². The molecule has 0 atom stereocenters. The van der Waals surface area contributed by atoms with Gasteiger partial charge in [0, 0.05) is 26.2 Å². The van der Waals surface area contributed by atoms with Crippen LogP contribution >= 0.6 is 11.6 Å². The number of aryl methyl sites for hydroxylation is 2. The van der Waals surface area contributed by atoms with Crippen molar-refractivity contribution < 1.29 is 4.74 Å². The number of ether oxygens (including phenoxy) is 1. The molecule has 1 fully saturated rings. The van der Waals surface area contributed by atoms with E-state index in [1.807, 2.05) is 24.4 Å². The van der Waals surface area contributed by atoms with E-state index < -0.39 is 0 Å². The minimum atomic E-state index is -0.234. The lowest BCUT2D eigenvalue weighted by Gasteiger charge is -2.10. The van der Waals surface area contributed by atoms with E-state index in [1.165, 1.54) is 10.9 Å². The van der Waals surface area contributed by atoms with Crippen LogP contribution in [0.2, 0.25) is 5.02 Å². The van der Waals surface area contributed by atoms with Gasteiger partial charge in [-0.2, -0.15) is 15.2 Å². The molecule has 0 unspecified atom stereocenters. The van der Waals surface area contributed by atoms with Crippen molar-refractivity contribution >= 4 is 39.9 Å². The first-order valence-electron chi connectivity index (χ1n) is 10.5. The fraction of sp³-hybridized carbons (Fsp3) is 0.227. The molecular weight excluding hydrogens is 444 g/mol. The first kappa shape index (κ1) is 19.7. The minimum absolute atomic E-state index is 0.234. The van der Waals surface area contributed by atoms with E-state index in [1.54, 1.807) is 35.4 Å². The summed E-state index contributed by atoms with van der Waals surface area (Å²) in [5, 5.41) is 12.1. The smallest absolute Gasteiger partial charge is 0.290 e. The van der Waals surface area contributed by atoms with E-state index >= 15 is 0 Å². The van der Waals surface area contributed by atoms with E-state index in [-0.39, 0.29) is 5.56 Å². The lowest BCUT2D eigenvalue weighted by Crippen LogP contribution is -2.23. The molecule has 0 aromatic carbocycles. The zero-order valence-corrected chi connectivity index (χ0v) is 18.6. The van der Waals surface area contributed by atoms with E-state index in [0.29, 0.717) is 45.2 Å². The zero-order valence-electron chi connectivity index (χ0n) is 17.9. The maximum atomic E-state index is 12.6. The van der Waals surface area contributed by atoms with Crippen molar-refractivity contribution in [3.63, 3.8) is 0 Å². The SMILES string of the molecule is Cn1nc(C2CC2)cc(Nc2nc3ncc(Oc4cnn5ccccc45)c(Cl)c3n2C)c1=O. The Bertz CT molecular complexity index is 1600. The number of aromatic nitrogens is 7. The monoisotopic (exact) mass is 462 g/mol. The van der Waals surface area contributed by atoms with Crippen LogP contribution in [0.15, 0.2) is 47.7 Å². The molecule has 0 aliphatic heterocycles. The predicted octanol–water partition coefficient (Wildman–Crippen LogP) is 3.78. The van der Waals surface area contributed by atoms with Gasteiger partial charge in [-0.1, -0.05) is 17.7 Å². The third-order valence-electron chi connectivity index (χ3n) is 5.74. The summed E-state index contributed by atoms with van der Waals surface area (Å²) < 4.78 is 10.9. The molecular formula is C22H19ClN8O2. The molecule has 166 valence electrons. The van der Waals surface area contributed by atoms with E-state index in [2.05, 4.69) is 25.5 Å². The molecule has 33 heavy (non-hydrogen) atoms. The van der Waals surface area contributed by atoms with Crippen LogP contribution in [0.1, 0.15) is 24.5 Å². The Kier molecular flexibility index (Phi) is 4.37. The Morgan fingerprint density at radius 1 is 1.18 bits per heavy atom. The van der Waals surface area contributed by atoms with Gasteiger partial charge in [0.15, 0.2) is 17.1 Å². The van der Waals surface area contributed by atoms with Gasteiger partial charge in [0.2, 0.25) is 5.95 Å². The minimum Gasteiger partial charge on any atom is -0.450 e. The van der Waals surface area contributed by atoms with Gasteiger partial charge in [-0.15, -0.1) is 0 Å². The Balaban J connectivity index is 1.38. The highest BCUT2D eigenvalue weighted by atomic mass is 35.5. The van der Waals surface area contributed by atoms with Crippen molar-refractivity contribution in [2.45, 2.75) is 18.8 Å². The molecule has 0 amide bonds. The summed E-state index contributed by atoms with van der Waals surface area (Å²) >= 11 is 6.71. The number of fused-ring (bicyclic) bond motifs is 2. The molecule has 5 aromatic rings. The number of pyridine rings is 2. The number of nitrogens with zero attached hydrogens (tertiary/aromatic N) is 7. The van der Waals surface area contributed by atoms with Gasteiger partial charge in [-0.3, -0.25) is 4.79 Å². The summed E-state index contributed by atoms with van der Waals surface area (Å²) in [6.07, 6.45) is 7.17. The van der Waals surface area contributed by atoms with Crippen LogP contribution in [0.25, 0.3) is 16.7 Å². The lowest BCUT2D eigenvalue weighted by atomic mass is 10.2. The van der Waals surface area contributed by atoms with Crippen LogP contribution in [0.4, 0.5) is 11.6 Å². The number of halogens is 1. The molecule has 6 rings (SSSR count). The second kappa shape index (κ2) is 7.31. The fourth-order valence-electron chi connectivity index (χ4n) is 3.82. The van der Waals surface area contributed by atoms with Crippen LogP contribution in [-0.4, -0.2) is 33.9 Å². The Labute approximate surface area is 192 Å². The van der Waals surface area contributed by atoms with E-state index in [4.69, 9.17) is 16.3 Å². The van der Waals surface area contributed by atoms with Crippen molar-refractivity contribution in [2.75, 3.05) is 5.32 Å². The van der Waals surface area contributed by atoms with Gasteiger partial charge >= 0.3 is 0 Å². The van der Waals surface area contributed by atoms with Gasteiger partial charge in [-0.05, 0) is 31.0 Å². The quantitative estimate of drug-likeness (QED) is 0.424. The molecule has 0 bridgehead atoms. The summed E-state index contributed by atoms with van der Waals surface area (Å²) in [6.45, 7) is 0. The third kappa shape index (κ3) is 3.30. The molecule has 11 heteroatoms. The molecule has 5 heterocycles. The van der Waals surface area contributed by atoms with Crippen molar-refractivity contribution in [1.29, 1.82) is 0 Å². The fourth-order valence-corrected chi connectivity index (χ4v) is 4.12. The third-order valence-corrected chi connectivity index (χ3v) is 6.11. The van der Waals surface area contributed by atoms with Crippen molar-refractivity contribution in [1.82, 2.24) is 33.9 Å². The highest BCUT2D eigenvalue weighted by molar-refractivity contribution is 6.36. The summed E-state index contributed by atoms with van der Waals surface area (Å²) in [4.78, 5) is 21.6. The van der Waals surface area contributed by atoms with Crippen molar-refractivity contribution in [2.24, 2.45) is 14.1 Å².